The molecule has 0 unspecified atom stereocenters. The number of imide groups is 1. The van der Waals surface area contributed by atoms with E-state index in [1.807, 2.05) is 32.1 Å². The highest BCUT2D eigenvalue weighted by Gasteiger charge is 2.48. The number of ether oxygens (including phenoxy) is 2. The van der Waals surface area contributed by atoms with Gasteiger partial charge in [0.2, 0.25) is 17.7 Å². The maximum Gasteiger partial charge on any atom is 0.316 e. The third kappa shape index (κ3) is 4.27. The third-order valence-corrected chi connectivity index (χ3v) is 7.05. The van der Waals surface area contributed by atoms with Gasteiger partial charge in [-0.15, -0.1) is 0 Å². The Labute approximate surface area is 209 Å². The number of fused-ring (bicyclic) bond motifs is 1. The Morgan fingerprint density at radius 3 is 2.44 bits per heavy atom. The summed E-state index contributed by atoms with van der Waals surface area (Å²) < 4.78 is 11.2. The van der Waals surface area contributed by atoms with Crippen LogP contribution in [0.15, 0.2) is 60.2 Å². The molecule has 0 N–H and O–H groups in total. The van der Waals surface area contributed by atoms with Crippen molar-refractivity contribution < 1.29 is 28.7 Å². The standard InChI is InChI=1S/C28H28N2O6/c1-3-35-24-7-5-4-6-23(24)29-16-18(15-25(29)31)28(34)36-20-11-9-19(10-12-20)30-26(32)21-13-8-17(2)14-22(21)27(30)33/h4-12,18,21-22H,3,13-16H2,1-2H3/t18-,21-,22-/m1/s1. The van der Waals surface area contributed by atoms with Crippen molar-refractivity contribution in [2.24, 2.45) is 17.8 Å². The quantitative estimate of drug-likeness (QED) is 0.265. The molecule has 8 heteroatoms. The van der Waals surface area contributed by atoms with Gasteiger partial charge in [-0.1, -0.05) is 23.8 Å². The second kappa shape index (κ2) is 9.60. The topological polar surface area (TPSA) is 93.2 Å². The number of benzene rings is 2. The van der Waals surface area contributed by atoms with Gasteiger partial charge in [0, 0.05) is 13.0 Å². The van der Waals surface area contributed by atoms with Crippen LogP contribution in [0.3, 0.4) is 0 Å². The fourth-order valence-corrected chi connectivity index (χ4v) is 5.21. The normalized spacial score (nSPS) is 23.6. The summed E-state index contributed by atoms with van der Waals surface area (Å²) in [5.41, 5.74) is 2.23. The van der Waals surface area contributed by atoms with Crippen LogP contribution in [0.4, 0.5) is 11.4 Å². The van der Waals surface area contributed by atoms with Crippen LogP contribution in [0.2, 0.25) is 0 Å². The van der Waals surface area contributed by atoms with Crippen LogP contribution in [0.25, 0.3) is 0 Å². The van der Waals surface area contributed by atoms with Gasteiger partial charge in [0.15, 0.2) is 0 Å². The zero-order valence-electron chi connectivity index (χ0n) is 20.3. The van der Waals surface area contributed by atoms with Crippen molar-refractivity contribution in [1.82, 2.24) is 0 Å². The van der Waals surface area contributed by atoms with Crippen LogP contribution < -0.4 is 19.3 Å². The lowest BCUT2D eigenvalue weighted by Crippen LogP contribution is -2.30. The van der Waals surface area contributed by atoms with Crippen molar-refractivity contribution >= 4 is 35.1 Å². The number of rotatable bonds is 6. The molecule has 2 aliphatic heterocycles. The number of carbonyl (C=O) groups is 4. The second-order valence-corrected chi connectivity index (χ2v) is 9.44. The molecule has 0 aromatic heterocycles. The minimum atomic E-state index is -0.618. The van der Waals surface area contributed by atoms with Crippen molar-refractivity contribution in [3.63, 3.8) is 0 Å². The van der Waals surface area contributed by atoms with E-state index < -0.39 is 11.9 Å². The van der Waals surface area contributed by atoms with E-state index in [1.54, 1.807) is 41.3 Å². The van der Waals surface area contributed by atoms with E-state index in [-0.39, 0.29) is 42.5 Å². The van der Waals surface area contributed by atoms with Gasteiger partial charge in [-0.2, -0.15) is 0 Å². The zero-order valence-corrected chi connectivity index (χ0v) is 20.3. The highest BCUT2D eigenvalue weighted by atomic mass is 16.5. The van der Waals surface area contributed by atoms with Crippen LogP contribution in [0.5, 0.6) is 11.5 Å². The van der Waals surface area contributed by atoms with Gasteiger partial charge >= 0.3 is 5.97 Å². The molecule has 0 bridgehead atoms. The van der Waals surface area contributed by atoms with Crippen LogP contribution in [-0.4, -0.2) is 36.8 Å². The summed E-state index contributed by atoms with van der Waals surface area (Å²) in [6.45, 7) is 4.52. The maximum atomic E-state index is 12.9. The van der Waals surface area contributed by atoms with Crippen LogP contribution >= 0.6 is 0 Å². The number of para-hydroxylation sites is 2. The highest BCUT2D eigenvalue weighted by Crippen LogP contribution is 2.40. The van der Waals surface area contributed by atoms with Crippen molar-refractivity contribution in [2.45, 2.75) is 33.1 Å². The molecule has 186 valence electrons. The summed E-state index contributed by atoms with van der Waals surface area (Å²) in [5, 5.41) is 0. The Balaban J connectivity index is 1.24. The first-order chi connectivity index (χ1) is 17.4. The molecule has 1 aliphatic carbocycles. The first-order valence-corrected chi connectivity index (χ1v) is 12.2. The van der Waals surface area contributed by atoms with E-state index >= 15 is 0 Å². The van der Waals surface area contributed by atoms with E-state index in [9.17, 15) is 19.2 Å². The Morgan fingerprint density at radius 1 is 0.972 bits per heavy atom. The summed E-state index contributed by atoms with van der Waals surface area (Å²) >= 11 is 0. The number of hydrogen-bond donors (Lipinski definition) is 0. The van der Waals surface area contributed by atoms with Crippen molar-refractivity contribution in [1.29, 1.82) is 0 Å². The summed E-state index contributed by atoms with van der Waals surface area (Å²) in [4.78, 5) is 54.1. The summed E-state index contributed by atoms with van der Waals surface area (Å²) in [5.74, 6) is -1.40. The van der Waals surface area contributed by atoms with Crippen molar-refractivity contribution in [3.05, 3.63) is 60.2 Å². The molecule has 3 amide bonds. The van der Waals surface area contributed by atoms with E-state index in [2.05, 4.69) is 0 Å². The number of allylic oxidation sites excluding steroid dienone is 2. The number of anilines is 2. The van der Waals surface area contributed by atoms with Gasteiger partial charge in [0.25, 0.3) is 0 Å². The Kier molecular flexibility index (Phi) is 6.35. The fourth-order valence-electron chi connectivity index (χ4n) is 5.21. The fraction of sp³-hybridized carbons (Fsp3) is 0.357. The molecule has 0 saturated carbocycles. The third-order valence-electron chi connectivity index (χ3n) is 7.05. The molecule has 36 heavy (non-hydrogen) atoms. The van der Waals surface area contributed by atoms with E-state index in [0.717, 1.165) is 5.57 Å². The van der Waals surface area contributed by atoms with E-state index in [1.165, 1.54) is 4.90 Å². The number of amides is 3. The first kappa shape index (κ1) is 23.8. The smallest absolute Gasteiger partial charge is 0.316 e. The number of nitrogens with zero attached hydrogens (tertiary/aromatic N) is 2. The molecule has 0 radical (unpaired) electrons. The molecule has 8 nitrogen and oxygen atoms in total. The lowest BCUT2D eigenvalue weighted by molar-refractivity contribution is -0.139. The van der Waals surface area contributed by atoms with Crippen LogP contribution in [0.1, 0.15) is 33.1 Å². The second-order valence-electron chi connectivity index (χ2n) is 9.44. The predicted octanol–water partition coefficient (Wildman–Crippen LogP) is 3.89. The van der Waals surface area contributed by atoms with Gasteiger partial charge in [0.05, 0.1) is 35.7 Å². The van der Waals surface area contributed by atoms with Gasteiger partial charge in [-0.05, 0) is 63.1 Å². The lowest BCUT2D eigenvalue weighted by atomic mass is 9.82. The molecule has 5 rings (SSSR count). The molecule has 2 fully saturated rings. The van der Waals surface area contributed by atoms with Crippen molar-refractivity contribution in [2.75, 3.05) is 23.0 Å². The lowest BCUT2D eigenvalue weighted by Gasteiger charge is -2.20. The van der Waals surface area contributed by atoms with Gasteiger partial charge in [0.1, 0.15) is 11.5 Å². The van der Waals surface area contributed by atoms with Gasteiger partial charge in [-0.25, -0.2) is 0 Å². The van der Waals surface area contributed by atoms with E-state index in [0.29, 0.717) is 42.3 Å². The minimum absolute atomic E-state index is 0.0460. The first-order valence-electron chi connectivity index (χ1n) is 12.2. The molecular formula is C28H28N2O6. The Hall–Kier alpha value is -3.94. The number of esters is 1. The number of hydrogen-bond acceptors (Lipinski definition) is 6. The van der Waals surface area contributed by atoms with E-state index in [4.69, 9.17) is 9.47 Å². The largest absolute Gasteiger partial charge is 0.492 e. The molecule has 0 spiro atoms. The van der Waals surface area contributed by atoms with Gasteiger partial charge < -0.3 is 14.4 Å². The average Bonchev–Trinajstić information content (AvgIpc) is 3.37. The summed E-state index contributed by atoms with van der Waals surface area (Å²) in [6.07, 6.45) is 3.26. The van der Waals surface area contributed by atoms with Crippen LogP contribution in [0, 0.1) is 17.8 Å². The SMILES string of the molecule is CCOc1ccccc1N1C[C@H](C(=O)Oc2ccc(N3C(=O)[C@@H]4CC=C(C)C[C@H]4C3=O)cc2)CC1=O. The monoisotopic (exact) mass is 488 g/mol. The molecule has 3 atom stereocenters. The molecule has 2 aromatic rings. The predicted molar refractivity (Wildman–Crippen MR) is 133 cm³/mol. The summed E-state index contributed by atoms with van der Waals surface area (Å²) in [6, 6.07) is 13.6. The molecule has 2 saturated heterocycles. The Bertz CT molecular complexity index is 1250. The zero-order chi connectivity index (χ0) is 25.4. The number of carbonyl (C=O) groups excluding carboxylic acids is 4. The van der Waals surface area contributed by atoms with Crippen molar-refractivity contribution in [3.8, 4) is 11.5 Å². The summed E-state index contributed by atoms with van der Waals surface area (Å²) in [7, 11) is 0. The highest BCUT2D eigenvalue weighted by molar-refractivity contribution is 6.22. The molecular weight excluding hydrogens is 460 g/mol. The maximum absolute atomic E-state index is 12.9. The molecule has 2 aromatic carbocycles. The average molecular weight is 489 g/mol. The van der Waals surface area contributed by atoms with Gasteiger partial charge in [-0.3, -0.25) is 24.1 Å². The van der Waals surface area contributed by atoms with Crippen LogP contribution in [-0.2, 0) is 19.2 Å². The molecule has 2 heterocycles. The molecule has 3 aliphatic rings. The minimum Gasteiger partial charge on any atom is -0.492 e. The Morgan fingerprint density at radius 2 is 1.69 bits per heavy atom.